The number of H-pyrrole nitrogens is 1. The van der Waals surface area contributed by atoms with Crippen molar-refractivity contribution in [3.05, 3.63) is 62.6 Å². The maximum Gasteiger partial charge on any atom is 0.266 e. The summed E-state index contributed by atoms with van der Waals surface area (Å²) in [6.45, 7) is 3.87. The molecule has 3 aromatic rings. The topological polar surface area (TPSA) is 97.9 Å². The van der Waals surface area contributed by atoms with Gasteiger partial charge in [0.25, 0.3) is 5.56 Å². The Bertz CT molecular complexity index is 1190. The Morgan fingerprint density at radius 3 is 2.46 bits per heavy atom. The molecule has 24 heavy (non-hydrogen) atoms. The number of nitrogens with zero attached hydrogens (tertiary/aromatic N) is 1. The van der Waals surface area contributed by atoms with Gasteiger partial charge in [-0.3, -0.25) is 9.36 Å². The molecule has 1 heterocycles. The summed E-state index contributed by atoms with van der Waals surface area (Å²) in [4.78, 5) is 15.8. The van der Waals surface area contributed by atoms with E-state index < -0.39 is 10.0 Å². The Balaban J connectivity index is 2.38. The van der Waals surface area contributed by atoms with Crippen LogP contribution in [0, 0.1) is 18.6 Å². The van der Waals surface area contributed by atoms with E-state index in [1.54, 1.807) is 12.1 Å². The molecule has 8 heteroatoms. The van der Waals surface area contributed by atoms with Gasteiger partial charge in [0.2, 0.25) is 10.0 Å². The number of aryl methyl sites for hydroxylation is 2. The largest absolute Gasteiger partial charge is 0.331 e. The zero-order valence-corrected chi connectivity index (χ0v) is 14.7. The highest BCUT2D eigenvalue weighted by Gasteiger charge is 2.12. The molecule has 0 amide bonds. The van der Waals surface area contributed by atoms with E-state index in [0.717, 1.165) is 11.1 Å². The molecule has 0 aliphatic rings. The van der Waals surface area contributed by atoms with Crippen LogP contribution >= 0.6 is 12.2 Å². The summed E-state index contributed by atoms with van der Waals surface area (Å²) in [6.07, 6.45) is 0. The van der Waals surface area contributed by atoms with Gasteiger partial charge >= 0.3 is 0 Å². The summed E-state index contributed by atoms with van der Waals surface area (Å²) in [5, 5.41) is 5.64. The Kier molecular flexibility index (Phi) is 3.90. The van der Waals surface area contributed by atoms with E-state index in [1.165, 1.54) is 22.8 Å². The van der Waals surface area contributed by atoms with Gasteiger partial charge in [0.05, 0.1) is 21.5 Å². The summed E-state index contributed by atoms with van der Waals surface area (Å²) >= 11 is 5.29. The van der Waals surface area contributed by atoms with Gasteiger partial charge in [-0.15, -0.1) is 0 Å². The summed E-state index contributed by atoms with van der Waals surface area (Å²) in [5.74, 6) is 0. The molecule has 3 N–H and O–H groups in total. The highest BCUT2D eigenvalue weighted by Crippen LogP contribution is 2.17. The molecular formula is C16H15N3O3S2. The molecular weight excluding hydrogens is 346 g/mol. The molecule has 6 nitrogen and oxygen atoms in total. The fraction of sp³-hybridized carbons (Fsp3) is 0.125. The van der Waals surface area contributed by atoms with E-state index in [-0.39, 0.29) is 15.2 Å². The number of aromatic amines is 1. The number of rotatable bonds is 2. The van der Waals surface area contributed by atoms with Crippen LogP contribution in [-0.4, -0.2) is 18.0 Å². The molecule has 0 saturated carbocycles. The lowest BCUT2D eigenvalue weighted by atomic mass is 10.1. The quantitative estimate of drug-likeness (QED) is 0.684. The fourth-order valence-electron chi connectivity index (χ4n) is 2.51. The minimum absolute atomic E-state index is 0.0820. The molecule has 0 unspecified atom stereocenters. The van der Waals surface area contributed by atoms with Gasteiger partial charge in [0.15, 0.2) is 4.77 Å². The number of aromatic nitrogens is 2. The highest BCUT2D eigenvalue weighted by molar-refractivity contribution is 7.89. The SMILES string of the molecule is Cc1cc2[nH]c(=S)n(-c3cccc(S(N)(=O)=O)c3)c(=O)c2cc1C. The molecule has 0 aliphatic carbocycles. The average molecular weight is 361 g/mol. The van der Waals surface area contributed by atoms with Gasteiger partial charge in [0.1, 0.15) is 0 Å². The van der Waals surface area contributed by atoms with Gasteiger partial charge in [-0.2, -0.15) is 0 Å². The smallest absolute Gasteiger partial charge is 0.266 e. The van der Waals surface area contributed by atoms with E-state index in [0.29, 0.717) is 16.6 Å². The second-order valence-electron chi connectivity index (χ2n) is 5.60. The number of hydrogen-bond acceptors (Lipinski definition) is 4. The molecule has 2 aromatic carbocycles. The normalized spacial score (nSPS) is 11.8. The van der Waals surface area contributed by atoms with Crippen LogP contribution in [-0.2, 0) is 10.0 Å². The van der Waals surface area contributed by atoms with Crippen molar-refractivity contribution < 1.29 is 8.42 Å². The number of nitrogens with one attached hydrogen (secondary N) is 1. The van der Waals surface area contributed by atoms with E-state index in [4.69, 9.17) is 17.4 Å². The van der Waals surface area contributed by atoms with Crippen LogP contribution in [0.2, 0.25) is 0 Å². The molecule has 0 radical (unpaired) electrons. The van der Waals surface area contributed by atoms with Gasteiger partial charge < -0.3 is 4.98 Å². The zero-order chi connectivity index (χ0) is 17.6. The third-order valence-corrected chi connectivity index (χ3v) is 5.11. The number of primary sulfonamides is 1. The molecule has 0 spiro atoms. The average Bonchev–Trinajstić information content (AvgIpc) is 2.49. The second-order valence-corrected chi connectivity index (χ2v) is 7.54. The summed E-state index contributed by atoms with van der Waals surface area (Å²) in [6, 6.07) is 9.47. The minimum atomic E-state index is -3.87. The first kappa shape index (κ1) is 16.6. The van der Waals surface area contributed by atoms with Gasteiger partial charge in [0, 0.05) is 0 Å². The zero-order valence-electron chi connectivity index (χ0n) is 13.0. The number of nitrogens with two attached hydrogens (primary N) is 1. The predicted octanol–water partition coefficient (Wildman–Crippen LogP) is 2.31. The van der Waals surface area contributed by atoms with E-state index >= 15 is 0 Å². The first-order valence-corrected chi connectivity index (χ1v) is 9.03. The second kappa shape index (κ2) is 5.66. The van der Waals surface area contributed by atoms with Crippen LogP contribution in [0.15, 0.2) is 46.1 Å². The van der Waals surface area contributed by atoms with Gasteiger partial charge in [-0.05, 0) is 67.5 Å². The molecule has 3 rings (SSSR count). The van der Waals surface area contributed by atoms with Crippen molar-refractivity contribution in [2.45, 2.75) is 18.7 Å². The van der Waals surface area contributed by atoms with Gasteiger partial charge in [-0.25, -0.2) is 13.6 Å². The summed E-state index contributed by atoms with van der Waals surface area (Å²) < 4.78 is 24.5. The Hall–Kier alpha value is -2.29. The van der Waals surface area contributed by atoms with Crippen LogP contribution in [0.4, 0.5) is 0 Å². The third kappa shape index (κ3) is 2.79. The Labute approximate surface area is 143 Å². The maximum atomic E-state index is 12.9. The molecule has 124 valence electrons. The lowest BCUT2D eigenvalue weighted by Crippen LogP contribution is -2.21. The van der Waals surface area contributed by atoms with Crippen molar-refractivity contribution in [2.75, 3.05) is 0 Å². The summed E-state index contributed by atoms with van der Waals surface area (Å²) in [7, 11) is -3.87. The first-order valence-electron chi connectivity index (χ1n) is 7.08. The first-order chi connectivity index (χ1) is 11.2. The van der Waals surface area contributed by atoms with Crippen molar-refractivity contribution in [3.63, 3.8) is 0 Å². The van der Waals surface area contributed by atoms with E-state index in [9.17, 15) is 13.2 Å². The van der Waals surface area contributed by atoms with Crippen molar-refractivity contribution in [3.8, 4) is 5.69 Å². The van der Waals surface area contributed by atoms with Crippen LogP contribution in [0.3, 0.4) is 0 Å². The van der Waals surface area contributed by atoms with Crippen LogP contribution in [0.25, 0.3) is 16.6 Å². The van der Waals surface area contributed by atoms with Crippen LogP contribution < -0.4 is 10.7 Å². The molecule has 0 bridgehead atoms. The van der Waals surface area contributed by atoms with Crippen LogP contribution in [0.1, 0.15) is 11.1 Å². The number of hydrogen-bond donors (Lipinski definition) is 2. The standard InChI is InChI=1S/C16H15N3O3S2/c1-9-6-13-14(7-10(9)2)18-16(23)19(15(13)20)11-4-3-5-12(8-11)24(17,21)22/h3-8H,1-2H3,(H,18,23)(H2,17,21,22). The maximum absolute atomic E-state index is 12.9. The number of benzene rings is 2. The lowest BCUT2D eigenvalue weighted by molar-refractivity contribution is 0.597. The van der Waals surface area contributed by atoms with Gasteiger partial charge in [-0.1, -0.05) is 6.07 Å². The Morgan fingerprint density at radius 1 is 1.12 bits per heavy atom. The Morgan fingerprint density at radius 2 is 1.79 bits per heavy atom. The van der Waals surface area contributed by atoms with Crippen molar-refractivity contribution >= 4 is 33.1 Å². The third-order valence-electron chi connectivity index (χ3n) is 3.92. The molecule has 0 fully saturated rings. The molecule has 0 aliphatic heterocycles. The predicted molar refractivity (Wildman–Crippen MR) is 95.6 cm³/mol. The van der Waals surface area contributed by atoms with E-state index in [1.807, 2.05) is 19.9 Å². The molecule has 0 saturated heterocycles. The summed E-state index contributed by atoms with van der Waals surface area (Å²) in [5.41, 5.74) is 2.69. The van der Waals surface area contributed by atoms with E-state index in [2.05, 4.69) is 4.98 Å². The fourth-order valence-corrected chi connectivity index (χ4v) is 3.37. The van der Waals surface area contributed by atoms with Crippen molar-refractivity contribution in [1.29, 1.82) is 0 Å². The van der Waals surface area contributed by atoms with Crippen molar-refractivity contribution in [1.82, 2.24) is 9.55 Å². The number of fused-ring (bicyclic) bond motifs is 1. The minimum Gasteiger partial charge on any atom is -0.331 e. The highest BCUT2D eigenvalue weighted by atomic mass is 32.2. The lowest BCUT2D eigenvalue weighted by Gasteiger charge is -2.10. The monoisotopic (exact) mass is 361 g/mol. The van der Waals surface area contributed by atoms with Crippen molar-refractivity contribution in [2.24, 2.45) is 5.14 Å². The number of sulfonamides is 1. The molecule has 1 aromatic heterocycles. The molecule has 0 atom stereocenters. The van der Waals surface area contributed by atoms with Crippen LogP contribution in [0.5, 0.6) is 0 Å².